The molecule has 3 rings (SSSR count). The van der Waals surface area contributed by atoms with E-state index >= 15 is 0 Å². The van der Waals surface area contributed by atoms with Crippen molar-refractivity contribution in [1.82, 2.24) is 4.98 Å². The van der Waals surface area contributed by atoms with E-state index in [1.165, 1.54) is 25.6 Å². The number of esters is 3. The number of thiazole rings is 1. The molecule has 0 saturated carbocycles. The highest BCUT2D eigenvalue weighted by Crippen LogP contribution is 2.44. The molecular formula is C24H26N2O6S. The number of allylic oxidation sites excluding steroid dienone is 1. The van der Waals surface area contributed by atoms with E-state index in [-0.39, 0.29) is 12.4 Å². The van der Waals surface area contributed by atoms with Gasteiger partial charge in [-0.05, 0) is 26.3 Å². The normalized spacial score (nSPS) is 17.9. The summed E-state index contributed by atoms with van der Waals surface area (Å²) in [7, 11) is 2.61. The summed E-state index contributed by atoms with van der Waals surface area (Å²) in [4.78, 5) is 46.5. The van der Waals surface area contributed by atoms with Gasteiger partial charge in [-0.25, -0.2) is 9.78 Å². The Bertz CT molecular complexity index is 1130. The van der Waals surface area contributed by atoms with Crippen molar-refractivity contribution in [3.05, 3.63) is 52.2 Å². The van der Waals surface area contributed by atoms with Gasteiger partial charge in [-0.2, -0.15) is 0 Å². The summed E-state index contributed by atoms with van der Waals surface area (Å²) in [6, 6.07) is 7.43. The zero-order valence-corrected chi connectivity index (χ0v) is 20.0. The maximum Gasteiger partial charge on any atom is 0.336 e. The smallest absolute Gasteiger partial charge is 0.336 e. The molecule has 9 heteroatoms. The predicted octanol–water partition coefficient (Wildman–Crippen LogP) is 3.71. The van der Waals surface area contributed by atoms with Crippen LogP contribution in [0.15, 0.2) is 45.9 Å². The summed E-state index contributed by atoms with van der Waals surface area (Å²) in [5, 5.41) is 2.46. The molecule has 2 aromatic rings. The molecule has 33 heavy (non-hydrogen) atoms. The van der Waals surface area contributed by atoms with Crippen molar-refractivity contribution in [3.63, 3.8) is 0 Å². The number of nitrogens with zero attached hydrogens (tertiary/aromatic N) is 2. The van der Waals surface area contributed by atoms with E-state index in [1.807, 2.05) is 24.3 Å². The van der Waals surface area contributed by atoms with Gasteiger partial charge in [0.1, 0.15) is 10.9 Å². The average Bonchev–Trinajstić information content (AvgIpc) is 3.26. The van der Waals surface area contributed by atoms with Gasteiger partial charge in [0, 0.05) is 28.3 Å². The minimum Gasteiger partial charge on any atom is -0.468 e. The van der Waals surface area contributed by atoms with Crippen LogP contribution in [-0.2, 0) is 35.0 Å². The number of carbonyl (C=O) groups excluding carboxylic acids is 3. The quantitative estimate of drug-likeness (QED) is 0.449. The Morgan fingerprint density at radius 3 is 2.48 bits per heavy atom. The predicted molar refractivity (Wildman–Crippen MR) is 124 cm³/mol. The fourth-order valence-corrected chi connectivity index (χ4v) is 4.88. The van der Waals surface area contributed by atoms with Crippen LogP contribution in [0.25, 0.3) is 10.6 Å². The molecule has 0 saturated heterocycles. The maximum atomic E-state index is 12.8. The summed E-state index contributed by atoms with van der Waals surface area (Å²) in [5.41, 5.74) is 3.40. The summed E-state index contributed by atoms with van der Waals surface area (Å²) < 4.78 is 15.1. The number of ether oxygens (including phenoxy) is 3. The first-order valence-electron chi connectivity index (χ1n) is 10.4. The molecule has 0 bridgehead atoms. The highest BCUT2D eigenvalue weighted by Gasteiger charge is 2.43. The van der Waals surface area contributed by atoms with E-state index in [0.717, 1.165) is 11.1 Å². The van der Waals surface area contributed by atoms with E-state index < -0.39 is 23.8 Å². The molecule has 1 aliphatic rings. The van der Waals surface area contributed by atoms with Crippen molar-refractivity contribution in [1.29, 1.82) is 0 Å². The third-order valence-electron chi connectivity index (χ3n) is 5.40. The Morgan fingerprint density at radius 1 is 1.09 bits per heavy atom. The zero-order valence-electron chi connectivity index (χ0n) is 19.2. The fourth-order valence-electron chi connectivity index (χ4n) is 4.02. The van der Waals surface area contributed by atoms with Crippen LogP contribution >= 0.6 is 11.3 Å². The highest BCUT2D eigenvalue weighted by molar-refractivity contribution is 7.13. The molecule has 0 spiro atoms. The summed E-state index contributed by atoms with van der Waals surface area (Å²) in [6.45, 7) is 5.52. The van der Waals surface area contributed by atoms with Gasteiger partial charge in [-0.15, -0.1) is 11.3 Å². The van der Waals surface area contributed by atoms with Gasteiger partial charge in [-0.1, -0.05) is 24.3 Å². The van der Waals surface area contributed by atoms with Crippen molar-refractivity contribution in [3.8, 4) is 10.6 Å². The third-order valence-corrected chi connectivity index (χ3v) is 6.32. The third kappa shape index (κ3) is 5.03. The molecule has 0 N–H and O–H groups in total. The second-order valence-electron chi connectivity index (χ2n) is 7.44. The monoisotopic (exact) mass is 470 g/mol. The Kier molecular flexibility index (Phi) is 7.75. The van der Waals surface area contributed by atoms with Gasteiger partial charge in [-0.3, -0.25) is 14.6 Å². The highest BCUT2D eigenvalue weighted by atomic mass is 32.1. The largest absolute Gasteiger partial charge is 0.468 e. The lowest BCUT2D eigenvalue weighted by atomic mass is 9.74. The molecule has 1 aliphatic heterocycles. The van der Waals surface area contributed by atoms with E-state index in [9.17, 15) is 14.4 Å². The number of aromatic nitrogens is 1. The number of hydrogen-bond donors (Lipinski definition) is 0. The summed E-state index contributed by atoms with van der Waals surface area (Å²) >= 11 is 1.38. The molecule has 1 aromatic heterocycles. The maximum absolute atomic E-state index is 12.8. The fraction of sp³-hybridized carbons (Fsp3) is 0.375. The SMILES string of the molecule is CCOC(=O)Cc1csc(-c2ccccc2C2C(C(=O)OC)=C(C)N=C(C)C2C(=O)OC)n1. The van der Waals surface area contributed by atoms with Crippen molar-refractivity contribution in [2.24, 2.45) is 10.9 Å². The number of rotatable bonds is 7. The molecule has 8 nitrogen and oxygen atoms in total. The number of benzene rings is 1. The molecule has 0 radical (unpaired) electrons. The molecule has 0 aliphatic carbocycles. The summed E-state index contributed by atoms with van der Waals surface area (Å²) in [6.07, 6.45) is 0.0684. The number of methoxy groups -OCH3 is 2. The lowest BCUT2D eigenvalue weighted by molar-refractivity contribution is -0.144. The number of aliphatic imine (C=N–C) groups is 1. The van der Waals surface area contributed by atoms with Crippen molar-refractivity contribution >= 4 is 35.0 Å². The first kappa shape index (κ1) is 24.3. The van der Waals surface area contributed by atoms with Gasteiger partial charge < -0.3 is 14.2 Å². The second-order valence-corrected chi connectivity index (χ2v) is 8.29. The molecule has 0 amide bonds. The lowest BCUT2D eigenvalue weighted by Gasteiger charge is -2.32. The van der Waals surface area contributed by atoms with Gasteiger partial charge >= 0.3 is 17.9 Å². The Morgan fingerprint density at radius 2 is 1.82 bits per heavy atom. The van der Waals surface area contributed by atoms with Gasteiger partial charge in [0.15, 0.2) is 0 Å². The van der Waals surface area contributed by atoms with Crippen LogP contribution in [0.3, 0.4) is 0 Å². The minimum absolute atomic E-state index is 0.0684. The van der Waals surface area contributed by atoms with Crippen molar-refractivity contribution < 1.29 is 28.6 Å². The Labute approximate surface area is 196 Å². The number of hydrogen-bond acceptors (Lipinski definition) is 9. The van der Waals surface area contributed by atoms with Gasteiger partial charge in [0.05, 0.1) is 38.5 Å². The van der Waals surface area contributed by atoms with Crippen LogP contribution in [-0.4, -0.2) is 49.4 Å². The molecule has 0 fully saturated rings. The van der Waals surface area contributed by atoms with E-state index in [4.69, 9.17) is 14.2 Å². The summed E-state index contributed by atoms with van der Waals surface area (Å²) in [5.74, 6) is -2.87. The average molecular weight is 471 g/mol. The van der Waals surface area contributed by atoms with Gasteiger partial charge in [0.2, 0.25) is 0 Å². The van der Waals surface area contributed by atoms with E-state index in [0.29, 0.717) is 34.3 Å². The van der Waals surface area contributed by atoms with Gasteiger partial charge in [0.25, 0.3) is 0 Å². The molecule has 2 unspecified atom stereocenters. The first-order valence-corrected chi connectivity index (χ1v) is 11.3. The van der Waals surface area contributed by atoms with E-state index in [2.05, 4.69) is 9.98 Å². The van der Waals surface area contributed by atoms with Crippen LogP contribution in [0.2, 0.25) is 0 Å². The second kappa shape index (κ2) is 10.5. The van der Waals surface area contributed by atoms with Crippen LogP contribution in [0.5, 0.6) is 0 Å². The van der Waals surface area contributed by atoms with Crippen molar-refractivity contribution in [2.75, 3.05) is 20.8 Å². The van der Waals surface area contributed by atoms with Crippen LogP contribution < -0.4 is 0 Å². The zero-order chi connectivity index (χ0) is 24.1. The molecule has 1 aromatic carbocycles. The van der Waals surface area contributed by atoms with E-state index in [1.54, 1.807) is 26.2 Å². The lowest BCUT2D eigenvalue weighted by Crippen LogP contribution is -2.36. The van der Waals surface area contributed by atoms with Crippen LogP contribution in [0.1, 0.15) is 37.9 Å². The van der Waals surface area contributed by atoms with Crippen molar-refractivity contribution in [2.45, 2.75) is 33.1 Å². The number of carbonyl (C=O) groups is 3. The van der Waals surface area contributed by atoms with Crippen LogP contribution in [0.4, 0.5) is 0 Å². The standard InChI is InChI=1S/C24H26N2O6S/c1-6-32-18(27)11-15-12-33-22(26-15)17-10-8-7-9-16(17)21-19(23(28)30-4)13(2)25-14(3)20(21)24(29)31-5/h7-10,12,19,21H,6,11H2,1-5H3. The topological polar surface area (TPSA) is 104 Å². The molecule has 174 valence electrons. The van der Waals surface area contributed by atoms with Crippen LogP contribution in [0, 0.1) is 5.92 Å². The molecule has 2 atom stereocenters. The first-order chi connectivity index (χ1) is 15.8. The molecular weight excluding hydrogens is 444 g/mol. The Hall–Kier alpha value is -3.33. The Balaban J connectivity index is 2.14. The molecule has 2 heterocycles. The minimum atomic E-state index is -0.798.